The van der Waals surface area contributed by atoms with Gasteiger partial charge >= 0.3 is 0 Å². The topological polar surface area (TPSA) is 53.1 Å². The number of hydrogen-bond donors (Lipinski definition) is 1. The van der Waals surface area contributed by atoms with Crippen molar-refractivity contribution in [3.63, 3.8) is 0 Å². The summed E-state index contributed by atoms with van der Waals surface area (Å²) in [7, 11) is 1.91. The van der Waals surface area contributed by atoms with Crippen molar-refractivity contribution in [3.05, 3.63) is 18.0 Å². The summed E-state index contributed by atoms with van der Waals surface area (Å²) in [6, 6.07) is 0.0316. The first-order valence-corrected chi connectivity index (χ1v) is 5.89. The Morgan fingerprint density at radius 1 is 1.50 bits per heavy atom. The maximum absolute atomic E-state index is 6.18. The molecule has 4 nitrogen and oxygen atoms in total. The van der Waals surface area contributed by atoms with E-state index in [0.29, 0.717) is 12.5 Å². The van der Waals surface area contributed by atoms with Crippen molar-refractivity contribution in [2.75, 3.05) is 6.61 Å². The van der Waals surface area contributed by atoms with Crippen molar-refractivity contribution in [2.45, 2.75) is 39.3 Å². The second-order valence-electron chi connectivity index (χ2n) is 4.55. The average Bonchev–Trinajstić information content (AvgIpc) is 2.59. The first-order valence-electron chi connectivity index (χ1n) is 5.89. The summed E-state index contributed by atoms with van der Waals surface area (Å²) in [5, 5.41) is 4.14. The standard InChI is InChI=1S/C12H23N3O/c1-5-16-12(9(2)3)11(13)6-10-7-14-15(4)8-10/h7-9,11-12H,5-6,13H2,1-4H3. The van der Waals surface area contributed by atoms with E-state index in [4.69, 9.17) is 10.5 Å². The largest absolute Gasteiger partial charge is 0.377 e. The van der Waals surface area contributed by atoms with Crippen LogP contribution in [0, 0.1) is 5.92 Å². The molecule has 1 aromatic heterocycles. The Morgan fingerprint density at radius 3 is 2.62 bits per heavy atom. The van der Waals surface area contributed by atoms with Crippen LogP contribution in [0.4, 0.5) is 0 Å². The zero-order valence-electron chi connectivity index (χ0n) is 10.7. The van der Waals surface area contributed by atoms with Gasteiger partial charge in [-0.25, -0.2) is 0 Å². The second kappa shape index (κ2) is 6.01. The van der Waals surface area contributed by atoms with Crippen LogP contribution in [0.3, 0.4) is 0 Å². The van der Waals surface area contributed by atoms with Gasteiger partial charge < -0.3 is 10.5 Å². The number of ether oxygens (including phenoxy) is 1. The van der Waals surface area contributed by atoms with Crippen LogP contribution in [0.5, 0.6) is 0 Å². The predicted octanol–water partition coefficient (Wildman–Crippen LogP) is 1.35. The minimum absolute atomic E-state index is 0.0316. The van der Waals surface area contributed by atoms with Crippen LogP contribution in [0.2, 0.25) is 0 Å². The van der Waals surface area contributed by atoms with Gasteiger partial charge in [0, 0.05) is 25.9 Å². The highest BCUT2D eigenvalue weighted by molar-refractivity contribution is 5.06. The SMILES string of the molecule is CCOC(C(C)C)C(N)Cc1cnn(C)c1. The lowest BCUT2D eigenvalue weighted by Crippen LogP contribution is -2.42. The molecule has 0 amide bonds. The summed E-state index contributed by atoms with van der Waals surface area (Å²) in [4.78, 5) is 0. The van der Waals surface area contributed by atoms with Crippen LogP contribution in [0.25, 0.3) is 0 Å². The summed E-state index contributed by atoms with van der Waals surface area (Å²) in [6.07, 6.45) is 4.80. The molecule has 0 bridgehead atoms. The Hall–Kier alpha value is -0.870. The van der Waals surface area contributed by atoms with Crippen molar-refractivity contribution in [2.24, 2.45) is 18.7 Å². The van der Waals surface area contributed by atoms with E-state index in [1.54, 1.807) is 4.68 Å². The molecule has 0 aliphatic carbocycles. The van der Waals surface area contributed by atoms with Crippen molar-refractivity contribution in [1.29, 1.82) is 0 Å². The molecule has 16 heavy (non-hydrogen) atoms. The Balaban J connectivity index is 2.57. The first kappa shape index (κ1) is 13.2. The van der Waals surface area contributed by atoms with Gasteiger partial charge in [-0.05, 0) is 24.8 Å². The molecule has 0 fully saturated rings. The molecule has 0 saturated heterocycles. The van der Waals surface area contributed by atoms with Gasteiger partial charge in [-0.3, -0.25) is 4.68 Å². The number of aryl methyl sites for hydroxylation is 1. The Labute approximate surface area is 97.8 Å². The lowest BCUT2D eigenvalue weighted by Gasteiger charge is -2.26. The molecule has 4 heteroatoms. The number of aromatic nitrogens is 2. The maximum Gasteiger partial charge on any atom is 0.0751 e. The molecule has 0 spiro atoms. The van der Waals surface area contributed by atoms with Crippen LogP contribution in [-0.2, 0) is 18.2 Å². The highest BCUT2D eigenvalue weighted by atomic mass is 16.5. The minimum atomic E-state index is 0.0316. The molecule has 2 atom stereocenters. The molecule has 1 heterocycles. The maximum atomic E-state index is 6.18. The van der Waals surface area contributed by atoms with E-state index >= 15 is 0 Å². The van der Waals surface area contributed by atoms with E-state index in [-0.39, 0.29) is 12.1 Å². The molecule has 2 N–H and O–H groups in total. The van der Waals surface area contributed by atoms with Crippen LogP contribution in [0.15, 0.2) is 12.4 Å². The van der Waals surface area contributed by atoms with Crippen LogP contribution in [0.1, 0.15) is 26.3 Å². The molecular formula is C12H23N3O. The first-order chi connectivity index (χ1) is 7.54. The Kier molecular flexibility index (Phi) is 4.96. The van der Waals surface area contributed by atoms with Gasteiger partial charge in [0.25, 0.3) is 0 Å². The number of nitrogens with two attached hydrogens (primary N) is 1. The highest BCUT2D eigenvalue weighted by Gasteiger charge is 2.22. The average molecular weight is 225 g/mol. The summed E-state index contributed by atoms with van der Waals surface area (Å²) in [6.45, 7) is 7.00. The van der Waals surface area contributed by atoms with E-state index in [1.807, 2.05) is 26.4 Å². The third kappa shape index (κ3) is 3.61. The van der Waals surface area contributed by atoms with Crippen LogP contribution >= 0.6 is 0 Å². The second-order valence-corrected chi connectivity index (χ2v) is 4.55. The molecule has 0 aliphatic rings. The Morgan fingerprint density at radius 2 is 2.19 bits per heavy atom. The van der Waals surface area contributed by atoms with Gasteiger partial charge in [-0.1, -0.05) is 13.8 Å². The molecule has 92 valence electrons. The van der Waals surface area contributed by atoms with E-state index in [2.05, 4.69) is 18.9 Å². The third-order valence-corrected chi connectivity index (χ3v) is 2.67. The smallest absolute Gasteiger partial charge is 0.0751 e. The fourth-order valence-electron chi connectivity index (χ4n) is 1.97. The van der Waals surface area contributed by atoms with Gasteiger partial charge in [0.2, 0.25) is 0 Å². The van der Waals surface area contributed by atoms with Gasteiger partial charge in [0.15, 0.2) is 0 Å². The van der Waals surface area contributed by atoms with E-state index in [1.165, 1.54) is 5.56 Å². The molecule has 0 saturated carbocycles. The molecular weight excluding hydrogens is 202 g/mol. The Bertz CT molecular complexity index is 309. The van der Waals surface area contributed by atoms with Crippen molar-refractivity contribution < 1.29 is 4.74 Å². The molecule has 0 aromatic carbocycles. The zero-order valence-corrected chi connectivity index (χ0v) is 10.7. The van der Waals surface area contributed by atoms with E-state index in [0.717, 1.165) is 6.42 Å². The molecule has 0 radical (unpaired) electrons. The molecule has 0 aliphatic heterocycles. The normalized spacial score (nSPS) is 15.4. The fourth-order valence-corrected chi connectivity index (χ4v) is 1.97. The monoisotopic (exact) mass is 225 g/mol. The van der Waals surface area contributed by atoms with Crippen molar-refractivity contribution in [3.8, 4) is 0 Å². The van der Waals surface area contributed by atoms with E-state index < -0.39 is 0 Å². The predicted molar refractivity (Wildman–Crippen MR) is 65.1 cm³/mol. The summed E-state index contributed by atoms with van der Waals surface area (Å²) < 4.78 is 7.49. The van der Waals surface area contributed by atoms with Crippen molar-refractivity contribution >= 4 is 0 Å². The summed E-state index contributed by atoms with van der Waals surface area (Å²) >= 11 is 0. The summed E-state index contributed by atoms with van der Waals surface area (Å²) in [5.74, 6) is 0.437. The van der Waals surface area contributed by atoms with Gasteiger partial charge in [0.05, 0.1) is 12.3 Å². The number of nitrogens with zero attached hydrogens (tertiary/aromatic N) is 2. The third-order valence-electron chi connectivity index (χ3n) is 2.67. The zero-order chi connectivity index (χ0) is 12.1. The van der Waals surface area contributed by atoms with Crippen molar-refractivity contribution in [1.82, 2.24) is 9.78 Å². The summed E-state index contributed by atoms with van der Waals surface area (Å²) in [5.41, 5.74) is 7.35. The molecule has 1 rings (SSSR count). The van der Waals surface area contributed by atoms with Crippen LogP contribution in [-0.4, -0.2) is 28.5 Å². The number of hydrogen-bond acceptors (Lipinski definition) is 3. The van der Waals surface area contributed by atoms with Crippen LogP contribution < -0.4 is 5.73 Å². The highest BCUT2D eigenvalue weighted by Crippen LogP contribution is 2.13. The lowest BCUT2D eigenvalue weighted by atomic mass is 9.96. The number of rotatable bonds is 6. The van der Waals surface area contributed by atoms with E-state index in [9.17, 15) is 0 Å². The lowest BCUT2D eigenvalue weighted by molar-refractivity contribution is 0.0128. The molecule has 1 aromatic rings. The quantitative estimate of drug-likeness (QED) is 0.795. The van der Waals surface area contributed by atoms with Gasteiger partial charge in [0.1, 0.15) is 0 Å². The molecule has 2 unspecified atom stereocenters. The minimum Gasteiger partial charge on any atom is -0.377 e. The fraction of sp³-hybridized carbons (Fsp3) is 0.750. The van der Waals surface area contributed by atoms with Gasteiger partial charge in [-0.2, -0.15) is 5.10 Å². The van der Waals surface area contributed by atoms with Gasteiger partial charge in [-0.15, -0.1) is 0 Å².